The Hall–Kier alpha value is -0.650. The molecule has 6 heteroatoms. The van der Waals surface area contributed by atoms with Gasteiger partial charge in [0.1, 0.15) is 11.9 Å². The predicted octanol–water partition coefficient (Wildman–Crippen LogP) is 2.91. The van der Waals surface area contributed by atoms with Gasteiger partial charge < -0.3 is 0 Å². The van der Waals surface area contributed by atoms with E-state index in [0.717, 1.165) is 6.26 Å². The molecule has 1 unspecified atom stereocenters. The molecule has 1 aromatic carbocycles. The van der Waals surface area contributed by atoms with E-state index >= 15 is 0 Å². The van der Waals surface area contributed by atoms with E-state index in [2.05, 4.69) is 0 Å². The molecule has 0 heterocycles. The summed E-state index contributed by atoms with van der Waals surface area (Å²) in [6, 6.07) is 4.10. The molecular weight excluding hydrogens is 255 g/mol. The van der Waals surface area contributed by atoms with Crippen molar-refractivity contribution in [3.63, 3.8) is 0 Å². The molecule has 16 heavy (non-hydrogen) atoms. The van der Waals surface area contributed by atoms with Crippen LogP contribution in [0.3, 0.4) is 0 Å². The molecule has 0 radical (unpaired) electrons. The molecule has 0 fully saturated rings. The molecule has 0 aliphatic heterocycles. The second kappa shape index (κ2) is 5.12. The minimum atomic E-state index is -3.56. The number of hydrogen-bond acceptors (Lipinski definition) is 3. The molecule has 0 aromatic heterocycles. The summed E-state index contributed by atoms with van der Waals surface area (Å²) in [6.07, 6.45) is 0.706. The summed E-state index contributed by atoms with van der Waals surface area (Å²) >= 11 is 5.53. The second-order valence-electron chi connectivity index (χ2n) is 3.37. The van der Waals surface area contributed by atoms with Crippen LogP contribution in [-0.4, -0.2) is 14.7 Å². The lowest BCUT2D eigenvalue weighted by atomic mass is 10.1. The summed E-state index contributed by atoms with van der Waals surface area (Å²) in [5.41, 5.74) is 0.454. The normalized spacial score (nSPS) is 13.8. The first-order valence-corrected chi connectivity index (χ1v) is 6.86. The molecule has 0 aliphatic rings. The van der Waals surface area contributed by atoms with Gasteiger partial charge in [0.2, 0.25) is 0 Å². The van der Waals surface area contributed by atoms with Crippen molar-refractivity contribution < 1.29 is 17.0 Å². The minimum absolute atomic E-state index is 0.00189. The monoisotopic (exact) mass is 266 g/mol. The SMILES string of the molecule is CCC(OS(C)(=O)=O)c1ccc(Cl)c(F)c1. The third-order valence-corrected chi connectivity index (χ3v) is 2.87. The molecule has 90 valence electrons. The van der Waals surface area contributed by atoms with E-state index in [1.165, 1.54) is 12.1 Å². The molecule has 3 nitrogen and oxygen atoms in total. The highest BCUT2D eigenvalue weighted by Crippen LogP contribution is 2.26. The van der Waals surface area contributed by atoms with E-state index in [9.17, 15) is 12.8 Å². The number of halogens is 2. The fraction of sp³-hybridized carbons (Fsp3) is 0.400. The molecule has 1 atom stereocenters. The topological polar surface area (TPSA) is 43.4 Å². The number of hydrogen-bond donors (Lipinski definition) is 0. The summed E-state index contributed by atoms with van der Waals surface area (Å²) in [4.78, 5) is 0. The maximum absolute atomic E-state index is 13.2. The highest BCUT2D eigenvalue weighted by atomic mass is 35.5. The number of benzene rings is 1. The van der Waals surface area contributed by atoms with E-state index in [1.807, 2.05) is 0 Å². The van der Waals surface area contributed by atoms with Crippen LogP contribution in [-0.2, 0) is 14.3 Å². The van der Waals surface area contributed by atoms with Crippen molar-refractivity contribution in [2.24, 2.45) is 0 Å². The maximum Gasteiger partial charge on any atom is 0.264 e. The third kappa shape index (κ3) is 3.73. The average Bonchev–Trinajstić information content (AvgIpc) is 2.17. The van der Waals surface area contributed by atoms with E-state index in [-0.39, 0.29) is 5.02 Å². The van der Waals surface area contributed by atoms with Gasteiger partial charge in [-0.15, -0.1) is 0 Å². The van der Waals surface area contributed by atoms with Crippen LogP contribution >= 0.6 is 11.6 Å². The van der Waals surface area contributed by atoms with Crippen molar-refractivity contribution in [1.29, 1.82) is 0 Å². The Morgan fingerprint density at radius 3 is 2.56 bits per heavy atom. The Kier molecular flexibility index (Phi) is 4.29. The van der Waals surface area contributed by atoms with E-state index < -0.39 is 22.0 Å². The van der Waals surface area contributed by atoms with Crippen molar-refractivity contribution in [2.45, 2.75) is 19.4 Å². The highest BCUT2D eigenvalue weighted by molar-refractivity contribution is 7.86. The average molecular weight is 267 g/mol. The molecular formula is C10H12ClFO3S. The van der Waals surface area contributed by atoms with E-state index in [0.29, 0.717) is 12.0 Å². The molecule has 0 saturated heterocycles. The lowest BCUT2D eigenvalue weighted by Gasteiger charge is -2.14. The summed E-state index contributed by atoms with van der Waals surface area (Å²) in [5.74, 6) is -0.588. The Labute approximate surface area is 99.3 Å². The van der Waals surface area contributed by atoms with Crippen LogP contribution in [0, 0.1) is 5.82 Å². The van der Waals surface area contributed by atoms with E-state index in [1.54, 1.807) is 13.0 Å². The standard InChI is InChI=1S/C10H12ClFO3S/c1-3-10(15-16(2,13)14)7-4-5-8(11)9(12)6-7/h4-6,10H,3H2,1-2H3. The predicted molar refractivity (Wildman–Crippen MR) is 60.4 cm³/mol. The quantitative estimate of drug-likeness (QED) is 0.787. The van der Waals surface area contributed by atoms with Gasteiger partial charge in [-0.1, -0.05) is 24.6 Å². The molecule has 1 rings (SSSR count). The molecule has 0 bridgehead atoms. The van der Waals surface area contributed by atoms with Gasteiger partial charge in [0, 0.05) is 0 Å². The summed E-state index contributed by atoms with van der Waals surface area (Å²) in [7, 11) is -3.56. The first kappa shape index (κ1) is 13.4. The highest BCUT2D eigenvalue weighted by Gasteiger charge is 2.17. The first-order valence-electron chi connectivity index (χ1n) is 4.66. The third-order valence-electron chi connectivity index (χ3n) is 1.98. The van der Waals surface area contributed by atoms with Crippen molar-refractivity contribution >= 4 is 21.7 Å². The minimum Gasteiger partial charge on any atom is -0.262 e. The second-order valence-corrected chi connectivity index (χ2v) is 5.38. The largest absolute Gasteiger partial charge is 0.264 e. The molecule has 0 N–H and O–H groups in total. The molecule has 1 aromatic rings. The zero-order valence-corrected chi connectivity index (χ0v) is 10.5. The smallest absolute Gasteiger partial charge is 0.262 e. The van der Waals surface area contributed by atoms with Gasteiger partial charge in [0.05, 0.1) is 11.3 Å². The van der Waals surface area contributed by atoms with Crippen LogP contribution in [0.2, 0.25) is 5.02 Å². The van der Waals surface area contributed by atoms with Gasteiger partial charge in [0.15, 0.2) is 0 Å². The van der Waals surface area contributed by atoms with Crippen LogP contribution in [0.15, 0.2) is 18.2 Å². The van der Waals surface area contributed by atoms with Crippen molar-refractivity contribution in [3.8, 4) is 0 Å². The van der Waals surface area contributed by atoms with Crippen LogP contribution < -0.4 is 0 Å². The molecule has 0 amide bonds. The van der Waals surface area contributed by atoms with Gasteiger partial charge in [-0.2, -0.15) is 8.42 Å². The van der Waals surface area contributed by atoms with Crippen molar-refractivity contribution in [3.05, 3.63) is 34.6 Å². The van der Waals surface area contributed by atoms with Gasteiger partial charge >= 0.3 is 0 Å². The molecule has 0 aliphatic carbocycles. The fourth-order valence-electron chi connectivity index (χ4n) is 1.28. The molecule has 0 saturated carbocycles. The fourth-order valence-corrected chi connectivity index (χ4v) is 2.07. The van der Waals surface area contributed by atoms with Gasteiger partial charge in [-0.05, 0) is 24.1 Å². The Morgan fingerprint density at radius 1 is 1.50 bits per heavy atom. The summed E-state index contributed by atoms with van der Waals surface area (Å²) in [6.45, 7) is 1.75. The zero-order valence-electron chi connectivity index (χ0n) is 8.91. The summed E-state index contributed by atoms with van der Waals surface area (Å²) < 4.78 is 40.0. The van der Waals surface area contributed by atoms with Crippen LogP contribution in [0.25, 0.3) is 0 Å². The van der Waals surface area contributed by atoms with Crippen LogP contribution in [0.4, 0.5) is 4.39 Å². The van der Waals surface area contributed by atoms with Gasteiger partial charge in [-0.25, -0.2) is 4.39 Å². The maximum atomic E-state index is 13.2. The van der Waals surface area contributed by atoms with Crippen molar-refractivity contribution in [1.82, 2.24) is 0 Å². The lowest BCUT2D eigenvalue weighted by Crippen LogP contribution is -2.10. The van der Waals surface area contributed by atoms with E-state index in [4.69, 9.17) is 15.8 Å². The Bertz CT molecular complexity index is 473. The zero-order chi connectivity index (χ0) is 12.3. The van der Waals surface area contributed by atoms with Gasteiger partial charge in [0.25, 0.3) is 10.1 Å². The Balaban J connectivity index is 3.00. The van der Waals surface area contributed by atoms with Crippen LogP contribution in [0.1, 0.15) is 25.0 Å². The lowest BCUT2D eigenvalue weighted by molar-refractivity contribution is 0.211. The molecule has 0 spiro atoms. The Morgan fingerprint density at radius 2 is 2.12 bits per heavy atom. The number of rotatable bonds is 4. The first-order chi connectivity index (χ1) is 7.33. The van der Waals surface area contributed by atoms with Crippen molar-refractivity contribution in [2.75, 3.05) is 6.26 Å². The summed E-state index contributed by atoms with van der Waals surface area (Å²) in [5, 5.41) is -0.00189. The van der Waals surface area contributed by atoms with Gasteiger partial charge in [-0.3, -0.25) is 4.18 Å². The van der Waals surface area contributed by atoms with Crippen LogP contribution in [0.5, 0.6) is 0 Å².